The summed E-state index contributed by atoms with van der Waals surface area (Å²) in [5.41, 5.74) is 3.20. The molecule has 3 aromatic carbocycles. The first-order chi connectivity index (χ1) is 19.0. The van der Waals surface area contributed by atoms with E-state index < -0.39 is 17.5 Å². The molecule has 0 aliphatic rings. The third-order valence-electron chi connectivity index (χ3n) is 6.65. The molecule has 0 radical (unpaired) electrons. The lowest BCUT2D eigenvalue weighted by molar-refractivity contribution is 0.0931. The average Bonchev–Trinajstić information content (AvgIpc) is 2.91. The molecule has 2 amide bonds. The Morgan fingerprint density at radius 1 is 1.02 bits per heavy atom. The van der Waals surface area contributed by atoms with E-state index in [1.807, 2.05) is 45.2 Å². The number of anilines is 1. The second-order valence-corrected chi connectivity index (χ2v) is 11.2. The number of hydrogen-bond acceptors (Lipinski definition) is 5. The summed E-state index contributed by atoms with van der Waals surface area (Å²) in [7, 11) is 1.47. The molecule has 1 aromatic heterocycles. The number of nitrogens with zero attached hydrogens (tertiary/aromatic N) is 2. The van der Waals surface area contributed by atoms with Crippen LogP contribution in [-0.2, 0) is 13.6 Å². The number of aryl methyl sites for hydroxylation is 2. The van der Waals surface area contributed by atoms with Crippen LogP contribution in [0.25, 0.3) is 10.9 Å². The molecule has 0 spiro atoms. The van der Waals surface area contributed by atoms with Crippen molar-refractivity contribution in [2.75, 3.05) is 17.3 Å². The van der Waals surface area contributed by atoms with Gasteiger partial charge in [-0.05, 0) is 68.5 Å². The van der Waals surface area contributed by atoms with Gasteiger partial charge in [0.1, 0.15) is 0 Å². The van der Waals surface area contributed by atoms with Crippen molar-refractivity contribution in [3.05, 3.63) is 108 Å². The van der Waals surface area contributed by atoms with Crippen LogP contribution >= 0.6 is 23.4 Å². The molecule has 0 aliphatic carbocycles. The molecule has 0 aliphatic heterocycles. The molecule has 2 N–H and O–H groups in total. The molecule has 10 heteroatoms. The molecule has 40 heavy (non-hydrogen) atoms. The van der Waals surface area contributed by atoms with Crippen molar-refractivity contribution < 1.29 is 9.59 Å². The van der Waals surface area contributed by atoms with E-state index >= 15 is 0 Å². The van der Waals surface area contributed by atoms with Crippen molar-refractivity contribution in [2.24, 2.45) is 7.05 Å². The molecular formula is C30H31ClN4O4S. The van der Waals surface area contributed by atoms with Gasteiger partial charge in [0.2, 0.25) is 0 Å². The summed E-state index contributed by atoms with van der Waals surface area (Å²) in [6, 6.07) is 15.6. The zero-order chi connectivity index (χ0) is 29.1. The van der Waals surface area contributed by atoms with Crippen LogP contribution < -0.4 is 21.9 Å². The fourth-order valence-corrected chi connectivity index (χ4v) is 5.47. The van der Waals surface area contributed by atoms with E-state index in [-0.39, 0.29) is 34.3 Å². The van der Waals surface area contributed by atoms with Crippen molar-refractivity contribution in [3.63, 3.8) is 0 Å². The molecule has 0 bridgehead atoms. The molecule has 1 atom stereocenters. The van der Waals surface area contributed by atoms with Gasteiger partial charge >= 0.3 is 5.69 Å². The Bertz CT molecular complexity index is 1740. The lowest BCUT2D eigenvalue weighted by Gasteiger charge is -2.17. The Hall–Kier alpha value is -3.82. The molecule has 4 aromatic rings. The second-order valence-electron chi connectivity index (χ2n) is 9.85. The predicted molar refractivity (Wildman–Crippen MR) is 163 cm³/mol. The van der Waals surface area contributed by atoms with E-state index in [1.165, 1.54) is 7.05 Å². The minimum absolute atomic E-state index is 0.0924. The molecule has 0 unspecified atom stereocenters. The van der Waals surface area contributed by atoms with Crippen LogP contribution in [0, 0.1) is 13.8 Å². The maximum atomic E-state index is 13.3. The Kier molecular flexibility index (Phi) is 8.85. The van der Waals surface area contributed by atoms with Crippen LogP contribution in [0.1, 0.15) is 44.3 Å². The predicted octanol–water partition coefficient (Wildman–Crippen LogP) is 4.75. The largest absolute Gasteiger partial charge is 0.349 e. The van der Waals surface area contributed by atoms with Crippen LogP contribution in [0.3, 0.4) is 0 Å². The van der Waals surface area contributed by atoms with E-state index in [9.17, 15) is 19.2 Å². The minimum Gasteiger partial charge on any atom is -0.349 e. The molecule has 8 nitrogen and oxygen atoms in total. The summed E-state index contributed by atoms with van der Waals surface area (Å²) in [6.07, 6.45) is 1.95. The summed E-state index contributed by atoms with van der Waals surface area (Å²) in [6.45, 7) is 5.88. The molecule has 208 valence electrons. The number of rotatable bonds is 8. The smallest absolute Gasteiger partial charge is 0.331 e. The summed E-state index contributed by atoms with van der Waals surface area (Å²) in [5, 5.41) is 6.45. The second kappa shape index (κ2) is 12.1. The van der Waals surface area contributed by atoms with Crippen LogP contribution in [0.2, 0.25) is 5.02 Å². The molecule has 1 heterocycles. The van der Waals surface area contributed by atoms with Crippen LogP contribution in [0.5, 0.6) is 0 Å². The number of amides is 2. The average molecular weight is 579 g/mol. The quantitative estimate of drug-likeness (QED) is 0.314. The fourth-order valence-electron chi connectivity index (χ4n) is 4.63. The number of halogens is 1. The number of hydrogen-bond donors (Lipinski definition) is 2. The van der Waals surface area contributed by atoms with Gasteiger partial charge in [-0.15, -0.1) is 0 Å². The third kappa shape index (κ3) is 6.00. The Labute approximate surface area is 241 Å². The van der Waals surface area contributed by atoms with E-state index in [0.717, 1.165) is 27.0 Å². The van der Waals surface area contributed by atoms with Gasteiger partial charge in [0, 0.05) is 24.5 Å². The van der Waals surface area contributed by atoms with Gasteiger partial charge in [-0.2, -0.15) is 11.8 Å². The Morgan fingerprint density at radius 3 is 2.48 bits per heavy atom. The monoisotopic (exact) mass is 578 g/mol. The standard InChI is InChI=1S/C30H31ClN4O4S/c1-17-9-12-25-22(13-17)29(38)34(4)30(39)35(25)15-20-10-11-24(18(2)14-20)33-27(36)21-7-6-8-23(31)26(21)28(37)32-19(3)16-40-5/h6-14,19H,15-16H2,1-5H3,(H,32,37)(H,33,36)/t19-/m0/s1. The highest BCUT2D eigenvalue weighted by Crippen LogP contribution is 2.24. The fraction of sp³-hybridized carbons (Fsp3) is 0.267. The number of nitrogens with one attached hydrogen (secondary N) is 2. The zero-order valence-corrected chi connectivity index (χ0v) is 24.6. The van der Waals surface area contributed by atoms with Gasteiger partial charge in [0.15, 0.2) is 0 Å². The molecule has 0 fully saturated rings. The van der Waals surface area contributed by atoms with Crippen molar-refractivity contribution >= 4 is 51.8 Å². The Balaban J connectivity index is 1.61. The van der Waals surface area contributed by atoms with E-state index in [1.54, 1.807) is 52.7 Å². The number of fused-ring (bicyclic) bond motifs is 1. The van der Waals surface area contributed by atoms with Gasteiger partial charge in [-0.1, -0.05) is 41.4 Å². The third-order valence-corrected chi connectivity index (χ3v) is 7.80. The van der Waals surface area contributed by atoms with E-state index in [0.29, 0.717) is 16.6 Å². The minimum atomic E-state index is -0.461. The number of carbonyl (C=O) groups excluding carboxylic acids is 2. The van der Waals surface area contributed by atoms with Crippen LogP contribution in [0.15, 0.2) is 64.2 Å². The molecule has 4 rings (SSSR count). The molecule has 0 saturated carbocycles. The molecular weight excluding hydrogens is 548 g/mol. The maximum absolute atomic E-state index is 13.3. The van der Waals surface area contributed by atoms with Gasteiger partial charge in [-0.3, -0.25) is 23.5 Å². The highest BCUT2D eigenvalue weighted by molar-refractivity contribution is 7.98. The summed E-state index contributed by atoms with van der Waals surface area (Å²) >= 11 is 7.96. The summed E-state index contributed by atoms with van der Waals surface area (Å²) < 4.78 is 2.68. The Morgan fingerprint density at radius 2 is 1.77 bits per heavy atom. The first-order valence-electron chi connectivity index (χ1n) is 12.7. The highest BCUT2D eigenvalue weighted by atomic mass is 35.5. The topological polar surface area (TPSA) is 102 Å². The van der Waals surface area contributed by atoms with Crippen LogP contribution in [0.4, 0.5) is 5.69 Å². The SMILES string of the molecule is CSC[C@H](C)NC(=O)c1c(Cl)cccc1C(=O)Nc1ccc(Cn2c(=O)n(C)c(=O)c3cc(C)ccc32)cc1C. The summed E-state index contributed by atoms with van der Waals surface area (Å²) in [5.74, 6) is -0.143. The first-order valence-corrected chi connectivity index (χ1v) is 14.5. The lowest BCUT2D eigenvalue weighted by Crippen LogP contribution is -2.38. The zero-order valence-electron chi connectivity index (χ0n) is 23.0. The van der Waals surface area contributed by atoms with Crippen molar-refractivity contribution in [3.8, 4) is 0 Å². The number of carbonyl (C=O) groups is 2. The van der Waals surface area contributed by atoms with Crippen molar-refractivity contribution in [1.82, 2.24) is 14.5 Å². The molecule has 0 saturated heterocycles. The summed E-state index contributed by atoms with van der Waals surface area (Å²) in [4.78, 5) is 51.9. The van der Waals surface area contributed by atoms with E-state index in [4.69, 9.17) is 11.6 Å². The van der Waals surface area contributed by atoms with Gasteiger partial charge in [-0.25, -0.2) is 4.79 Å². The van der Waals surface area contributed by atoms with E-state index in [2.05, 4.69) is 10.6 Å². The van der Waals surface area contributed by atoms with Crippen LogP contribution in [-0.4, -0.2) is 39.0 Å². The number of benzene rings is 3. The maximum Gasteiger partial charge on any atom is 0.331 e. The van der Waals surface area contributed by atoms with Gasteiger partial charge in [0.25, 0.3) is 17.4 Å². The van der Waals surface area contributed by atoms with Crippen molar-refractivity contribution in [1.29, 1.82) is 0 Å². The van der Waals surface area contributed by atoms with Gasteiger partial charge in [0.05, 0.1) is 33.6 Å². The number of thioether (sulfide) groups is 1. The van der Waals surface area contributed by atoms with Gasteiger partial charge < -0.3 is 10.6 Å². The first kappa shape index (κ1) is 29.2. The van der Waals surface area contributed by atoms with Crippen molar-refractivity contribution in [2.45, 2.75) is 33.4 Å². The highest BCUT2D eigenvalue weighted by Gasteiger charge is 2.22. The number of aromatic nitrogens is 2. The lowest BCUT2D eigenvalue weighted by atomic mass is 10.0. The normalized spacial score (nSPS) is 11.8.